The van der Waals surface area contributed by atoms with Crippen molar-refractivity contribution in [2.75, 3.05) is 7.05 Å². The minimum absolute atomic E-state index is 0.00535. The minimum Gasteiger partial charge on any atom is -0.477 e. The first kappa shape index (κ1) is 13.9. The molecule has 0 spiro atoms. The molecule has 1 N–H and O–H groups in total. The standard InChI is InChI=1S/C13H16N4O3/c1-15(7-10-6-14-16(2)8-10)12(18)9-17-5-3-4-11(17)13(19)20/h3-6,8H,7,9H2,1-2H3,(H,19,20). The highest BCUT2D eigenvalue weighted by atomic mass is 16.4. The van der Waals surface area contributed by atoms with E-state index < -0.39 is 5.97 Å². The summed E-state index contributed by atoms with van der Waals surface area (Å²) in [5.41, 5.74) is 1.03. The van der Waals surface area contributed by atoms with E-state index in [0.717, 1.165) is 5.56 Å². The molecule has 0 fully saturated rings. The van der Waals surface area contributed by atoms with Crippen LogP contribution in [0.2, 0.25) is 0 Å². The van der Waals surface area contributed by atoms with Crippen molar-refractivity contribution in [2.45, 2.75) is 13.1 Å². The smallest absolute Gasteiger partial charge is 0.352 e. The van der Waals surface area contributed by atoms with Crippen LogP contribution in [0.4, 0.5) is 0 Å². The third kappa shape index (κ3) is 3.05. The number of carboxylic acid groups (broad SMARTS) is 1. The lowest BCUT2D eigenvalue weighted by Gasteiger charge is -2.17. The number of aromatic carboxylic acids is 1. The van der Waals surface area contributed by atoms with Crippen LogP contribution in [0, 0.1) is 0 Å². The molecule has 0 aliphatic rings. The van der Waals surface area contributed by atoms with E-state index in [1.54, 1.807) is 35.1 Å². The maximum absolute atomic E-state index is 12.1. The largest absolute Gasteiger partial charge is 0.477 e. The molecule has 0 saturated heterocycles. The fraction of sp³-hybridized carbons (Fsp3) is 0.308. The lowest BCUT2D eigenvalue weighted by molar-refractivity contribution is -0.131. The molecule has 0 atom stereocenters. The number of hydrogen-bond donors (Lipinski definition) is 1. The first-order valence-corrected chi connectivity index (χ1v) is 6.07. The van der Waals surface area contributed by atoms with E-state index in [1.165, 1.54) is 10.6 Å². The van der Waals surface area contributed by atoms with Crippen LogP contribution >= 0.6 is 0 Å². The molecule has 0 aromatic carbocycles. The van der Waals surface area contributed by atoms with Gasteiger partial charge in [-0.2, -0.15) is 5.10 Å². The molecule has 0 unspecified atom stereocenters. The van der Waals surface area contributed by atoms with E-state index in [4.69, 9.17) is 5.11 Å². The Kier molecular flexibility index (Phi) is 3.88. The van der Waals surface area contributed by atoms with Gasteiger partial charge in [0.05, 0.1) is 6.20 Å². The number of amides is 1. The summed E-state index contributed by atoms with van der Waals surface area (Å²) in [7, 11) is 3.49. The maximum atomic E-state index is 12.1. The Morgan fingerprint density at radius 1 is 1.45 bits per heavy atom. The molecule has 0 aliphatic carbocycles. The Balaban J connectivity index is 2.00. The first-order valence-electron chi connectivity index (χ1n) is 6.07. The number of aromatic nitrogens is 3. The summed E-state index contributed by atoms with van der Waals surface area (Å²) in [6.45, 7) is 0.446. The third-order valence-electron chi connectivity index (χ3n) is 2.96. The Morgan fingerprint density at radius 3 is 2.80 bits per heavy atom. The second-order valence-electron chi connectivity index (χ2n) is 4.60. The van der Waals surface area contributed by atoms with Crippen molar-refractivity contribution in [1.82, 2.24) is 19.2 Å². The zero-order valence-electron chi connectivity index (χ0n) is 11.4. The molecule has 2 aromatic heterocycles. The summed E-state index contributed by atoms with van der Waals surface area (Å²) >= 11 is 0. The van der Waals surface area contributed by atoms with Crippen LogP contribution in [0.1, 0.15) is 16.1 Å². The van der Waals surface area contributed by atoms with E-state index in [2.05, 4.69) is 5.10 Å². The Bertz CT molecular complexity index is 629. The number of carboxylic acids is 1. The van der Waals surface area contributed by atoms with Crippen LogP contribution in [0.25, 0.3) is 0 Å². The highest BCUT2D eigenvalue weighted by Crippen LogP contribution is 2.06. The third-order valence-corrected chi connectivity index (χ3v) is 2.96. The summed E-state index contributed by atoms with van der Waals surface area (Å²) < 4.78 is 3.09. The number of carbonyl (C=O) groups excluding carboxylic acids is 1. The summed E-state index contributed by atoms with van der Waals surface area (Å²) in [5, 5.41) is 13.0. The number of hydrogen-bond acceptors (Lipinski definition) is 3. The number of aryl methyl sites for hydroxylation is 1. The summed E-state index contributed by atoms with van der Waals surface area (Å²) in [4.78, 5) is 24.6. The van der Waals surface area contributed by atoms with E-state index in [1.807, 2.05) is 13.2 Å². The molecule has 20 heavy (non-hydrogen) atoms. The first-order chi connectivity index (χ1) is 9.47. The average molecular weight is 276 g/mol. The van der Waals surface area contributed by atoms with Crippen molar-refractivity contribution >= 4 is 11.9 Å². The van der Waals surface area contributed by atoms with Crippen molar-refractivity contribution in [1.29, 1.82) is 0 Å². The molecule has 7 nitrogen and oxygen atoms in total. The molecule has 0 saturated carbocycles. The van der Waals surface area contributed by atoms with Gasteiger partial charge in [-0.05, 0) is 12.1 Å². The van der Waals surface area contributed by atoms with Crippen LogP contribution in [0.5, 0.6) is 0 Å². The fourth-order valence-electron chi connectivity index (χ4n) is 1.93. The fourth-order valence-corrected chi connectivity index (χ4v) is 1.93. The highest BCUT2D eigenvalue weighted by molar-refractivity contribution is 5.86. The van der Waals surface area contributed by atoms with Crippen molar-refractivity contribution < 1.29 is 14.7 Å². The monoisotopic (exact) mass is 276 g/mol. The highest BCUT2D eigenvalue weighted by Gasteiger charge is 2.15. The summed E-state index contributed by atoms with van der Waals surface area (Å²) in [6.07, 6.45) is 5.11. The summed E-state index contributed by atoms with van der Waals surface area (Å²) in [5.74, 6) is -1.20. The van der Waals surface area contributed by atoms with E-state index in [9.17, 15) is 9.59 Å². The number of likely N-dealkylation sites (N-methyl/N-ethyl adjacent to an activating group) is 1. The lowest BCUT2D eigenvalue weighted by Crippen LogP contribution is -2.30. The van der Waals surface area contributed by atoms with Crippen LogP contribution < -0.4 is 0 Å². The molecular formula is C13H16N4O3. The zero-order valence-corrected chi connectivity index (χ0v) is 11.4. The topological polar surface area (TPSA) is 80.4 Å². The predicted octanol–water partition coefficient (Wildman–Crippen LogP) is 0.578. The number of nitrogens with zero attached hydrogens (tertiary/aromatic N) is 4. The average Bonchev–Trinajstić information content (AvgIpc) is 2.98. The van der Waals surface area contributed by atoms with E-state index in [-0.39, 0.29) is 18.1 Å². The molecule has 2 heterocycles. The van der Waals surface area contributed by atoms with Gasteiger partial charge in [-0.3, -0.25) is 9.48 Å². The molecule has 7 heteroatoms. The predicted molar refractivity (Wildman–Crippen MR) is 71.1 cm³/mol. The zero-order chi connectivity index (χ0) is 14.7. The number of rotatable bonds is 5. The molecule has 2 aromatic rings. The summed E-state index contributed by atoms with van der Waals surface area (Å²) in [6, 6.07) is 3.08. The van der Waals surface area contributed by atoms with Gasteiger partial charge in [0.25, 0.3) is 0 Å². The van der Waals surface area contributed by atoms with Gasteiger partial charge in [0, 0.05) is 38.6 Å². The minimum atomic E-state index is -1.04. The molecule has 1 amide bonds. The Labute approximate surface area is 116 Å². The second-order valence-corrected chi connectivity index (χ2v) is 4.60. The normalized spacial score (nSPS) is 10.5. The van der Waals surface area contributed by atoms with E-state index >= 15 is 0 Å². The van der Waals surface area contributed by atoms with Gasteiger partial charge >= 0.3 is 5.97 Å². The van der Waals surface area contributed by atoms with Crippen molar-refractivity contribution in [3.63, 3.8) is 0 Å². The Morgan fingerprint density at radius 2 is 2.20 bits per heavy atom. The molecule has 2 rings (SSSR count). The van der Waals surface area contributed by atoms with Gasteiger partial charge in [0.15, 0.2) is 0 Å². The molecule has 0 radical (unpaired) electrons. The van der Waals surface area contributed by atoms with Gasteiger partial charge in [-0.1, -0.05) is 0 Å². The van der Waals surface area contributed by atoms with Gasteiger partial charge in [0.1, 0.15) is 12.2 Å². The van der Waals surface area contributed by atoms with E-state index in [0.29, 0.717) is 6.54 Å². The molecule has 106 valence electrons. The molecule has 0 bridgehead atoms. The van der Waals surface area contributed by atoms with Crippen molar-refractivity contribution in [3.8, 4) is 0 Å². The van der Waals surface area contributed by atoms with Gasteiger partial charge in [0.2, 0.25) is 5.91 Å². The molecular weight excluding hydrogens is 260 g/mol. The van der Waals surface area contributed by atoms with Crippen molar-refractivity contribution in [2.24, 2.45) is 7.05 Å². The van der Waals surface area contributed by atoms with Crippen molar-refractivity contribution in [3.05, 3.63) is 42.0 Å². The lowest BCUT2D eigenvalue weighted by atomic mass is 10.3. The second kappa shape index (κ2) is 5.60. The van der Waals surface area contributed by atoms with Gasteiger partial charge < -0.3 is 14.6 Å². The molecule has 0 aliphatic heterocycles. The Hall–Kier alpha value is -2.57. The van der Waals surface area contributed by atoms with Gasteiger partial charge in [-0.25, -0.2) is 4.79 Å². The van der Waals surface area contributed by atoms with Crippen LogP contribution in [0.15, 0.2) is 30.7 Å². The maximum Gasteiger partial charge on any atom is 0.352 e. The number of carbonyl (C=O) groups is 2. The van der Waals surface area contributed by atoms with Crippen LogP contribution in [-0.4, -0.2) is 43.3 Å². The quantitative estimate of drug-likeness (QED) is 0.866. The van der Waals surface area contributed by atoms with Crippen LogP contribution in [0.3, 0.4) is 0 Å². The van der Waals surface area contributed by atoms with Gasteiger partial charge in [-0.15, -0.1) is 0 Å². The SMILES string of the molecule is CN(Cc1cnn(C)c1)C(=O)Cn1cccc1C(=O)O. The van der Waals surface area contributed by atoms with Crippen LogP contribution in [-0.2, 0) is 24.9 Å².